The number of rotatable bonds is 5. The predicted molar refractivity (Wildman–Crippen MR) is 98.8 cm³/mol. The van der Waals surface area contributed by atoms with Crippen molar-refractivity contribution in [3.63, 3.8) is 0 Å². The number of nitrogens with one attached hydrogen (secondary N) is 1. The van der Waals surface area contributed by atoms with Crippen LogP contribution in [0, 0.1) is 0 Å². The molecule has 6 nitrogen and oxygen atoms in total. The average molecular weight is 354 g/mol. The summed E-state index contributed by atoms with van der Waals surface area (Å²) in [5, 5.41) is 2.85. The van der Waals surface area contributed by atoms with Crippen LogP contribution >= 0.6 is 0 Å². The highest BCUT2D eigenvalue weighted by Gasteiger charge is 2.12. The van der Waals surface area contributed by atoms with Gasteiger partial charge in [0.25, 0.3) is 5.91 Å². The average Bonchev–Trinajstić information content (AvgIpc) is 2.66. The lowest BCUT2D eigenvalue weighted by atomic mass is 10.1. The minimum atomic E-state index is -0.0772. The SMILES string of the molecule is CN(C)C(=O)c1ccc(NC(=O)CCc2ccc3c(c2)OCCO3)cc1. The van der Waals surface area contributed by atoms with Crippen LogP contribution in [-0.4, -0.2) is 44.0 Å². The summed E-state index contributed by atoms with van der Waals surface area (Å²) >= 11 is 0. The fourth-order valence-electron chi connectivity index (χ4n) is 2.68. The Morgan fingerprint density at radius 3 is 2.38 bits per heavy atom. The number of amides is 2. The zero-order chi connectivity index (χ0) is 18.5. The van der Waals surface area contributed by atoms with Crippen molar-refractivity contribution in [3.8, 4) is 11.5 Å². The first kappa shape index (κ1) is 17.8. The second kappa shape index (κ2) is 7.91. The van der Waals surface area contributed by atoms with Crippen molar-refractivity contribution >= 4 is 17.5 Å². The Kier molecular flexibility index (Phi) is 5.41. The van der Waals surface area contributed by atoms with Gasteiger partial charge in [0.05, 0.1) is 0 Å². The zero-order valence-electron chi connectivity index (χ0n) is 15.0. The molecule has 0 unspecified atom stereocenters. The quantitative estimate of drug-likeness (QED) is 0.896. The van der Waals surface area contributed by atoms with E-state index in [1.54, 1.807) is 38.4 Å². The molecule has 2 aromatic carbocycles. The van der Waals surface area contributed by atoms with Crippen LogP contribution in [0.3, 0.4) is 0 Å². The molecule has 6 heteroatoms. The summed E-state index contributed by atoms with van der Waals surface area (Å²) in [4.78, 5) is 25.5. The molecule has 0 saturated heterocycles. The molecular formula is C20H22N2O4. The molecule has 0 saturated carbocycles. The second-order valence-electron chi connectivity index (χ2n) is 6.30. The van der Waals surface area contributed by atoms with Crippen LogP contribution in [0.4, 0.5) is 5.69 Å². The molecule has 3 rings (SSSR count). The van der Waals surface area contributed by atoms with Gasteiger partial charge in [-0.2, -0.15) is 0 Å². The minimum Gasteiger partial charge on any atom is -0.486 e. The molecule has 136 valence electrons. The smallest absolute Gasteiger partial charge is 0.253 e. The molecule has 0 bridgehead atoms. The molecule has 2 amide bonds. The minimum absolute atomic E-state index is 0.0681. The number of hydrogen-bond donors (Lipinski definition) is 1. The molecule has 1 heterocycles. The van der Waals surface area contributed by atoms with Crippen molar-refractivity contribution in [3.05, 3.63) is 53.6 Å². The fraction of sp³-hybridized carbons (Fsp3) is 0.300. The highest BCUT2D eigenvalue weighted by Crippen LogP contribution is 2.31. The van der Waals surface area contributed by atoms with E-state index in [2.05, 4.69) is 5.32 Å². The van der Waals surface area contributed by atoms with Crippen LogP contribution in [-0.2, 0) is 11.2 Å². The van der Waals surface area contributed by atoms with Gasteiger partial charge in [-0.05, 0) is 48.4 Å². The number of anilines is 1. The Morgan fingerprint density at radius 1 is 1.00 bits per heavy atom. The Balaban J connectivity index is 1.53. The molecule has 0 fully saturated rings. The Bertz CT molecular complexity index is 800. The Hall–Kier alpha value is -3.02. The number of fused-ring (bicyclic) bond motifs is 1. The van der Waals surface area contributed by atoms with Crippen molar-refractivity contribution in [2.24, 2.45) is 0 Å². The van der Waals surface area contributed by atoms with Gasteiger partial charge in [-0.15, -0.1) is 0 Å². The standard InChI is InChI=1S/C20H22N2O4/c1-22(2)20(24)15-5-7-16(8-6-15)21-19(23)10-4-14-3-9-17-18(13-14)26-12-11-25-17/h3,5-9,13H,4,10-12H2,1-2H3,(H,21,23). The van der Waals surface area contributed by atoms with Crippen molar-refractivity contribution in [1.29, 1.82) is 0 Å². The number of nitrogens with zero attached hydrogens (tertiary/aromatic N) is 1. The van der Waals surface area contributed by atoms with Gasteiger partial charge < -0.3 is 19.7 Å². The van der Waals surface area contributed by atoms with Crippen LogP contribution in [0.25, 0.3) is 0 Å². The number of hydrogen-bond acceptors (Lipinski definition) is 4. The lowest BCUT2D eigenvalue weighted by molar-refractivity contribution is -0.116. The molecule has 0 atom stereocenters. The summed E-state index contributed by atoms with van der Waals surface area (Å²) in [6.45, 7) is 1.11. The maximum absolute atomic E-state index is 12.2. The van der Waals surface area contributed by atoms with Crippen LogP contribution < -0.4 is 14.8 Å². The van der Waals surface area contributed by atoms with E-state index in [1.165, 1.54) is 4.90 Å². The van der Waals surface area contributed by atoms with Crippen LogP contribution in [0.15, 0.2) is 42.5 Å². The molecule has 0 aliphatic carbocycles. The lowest BCUT2D eigenvalue weighted by Gasteiger charge is -2.18. The third kappa shape index (κ3) is 4.33. The number of carbonyl (C=O) groups is 2. The number of carbonyl (C=O) groups excluding carboxylic acids is 2. The third-order valence-corrected chi connectivity index (χ3v) is 4.07. The molecule has 2 aromatic rings. The van der Waals surface area contributed by atoms with E-state index in [1.807, 2.05) is 18.2 Å². The molecule has 1 aliphatic heterocycles. The van der Waals surface area contributed by atoms with Gasteiger partial charge in [0.1, 0.15) is 13.2 Å². The maximum Gasteiger partial charge on any atom is 0.253 e. The first-order valence-electron chi connectivity index (χ1n) is 8.53. The van der Waals surface area contributed by atoms with Crippen LogP contribution in [0.5, 0.6) is 11.5 Å². The third-order valence-electron chi connectivity index (χ3n) is 4.07. The number of aryl methyl sites for hydroxylation is 1. The van der Waals surface area contributed by atoms with Gasteiger partial charge >= 0.3 is 0 Å². The van der Waals surface area contributed by atoms with Gasteiger partial charge in [-0.1, -0.05) is 6.07 Å². The predicted octanol–water partition coefficient (Wildman–Crippen LogP) is 2.73. The number of benzene rings is 2. The van der Waals surface area contributed by atoms with Gasteiger partial charge in [0.2, 0.25) is 5.91 Å². The molecule has 26 heavy (non-hydrogen) atoms. The first-order valence-corrected chi connectivity index (χ1v) is 8.53. The molecule has 1 N–H and O–H groups in total. The van der Waals surface area contributed by atoms with Gasteiger partial charge in [-0.25, -0.2) is 0 Å². The van der Waals surface area contributed by atoms with Crippen LogP contribution in [0.2, 0.25) is 0 Å². The summed E-state index contributed by atoms with van der Waals surface area (Å²) in [7, 11) is 3.41. The summed E-state index contributed by atoms with van der Waals surface area (Å²) in [6, 6.07) is 12.6. The monoisotopic (exact) mass is 354 g/mol. The topological polar surface area (TPSA) is 67.9 Å². The van der Waals surface area contributed by atoms with E-state index in [4.69, 9.17) is 9.47 Å². The summed E-state index contributed by atoms with van der Waals surface area (Å²) < 4.78 is 11.1. The van der Waals surface area contributed by atoms with Crippen molar-refractivity contribution in [1.82, 2.24) is 4.90 Å². The van der Waals surface area contributed by atoms with E-state index in [0.717, 1.165) is 17.1 Å². The molecule has 0 spiro atoms. The van der Waals surface area contributed by atoms with Crippen molar-refractivity contribution in [2.45, 2.75) is 12.8 Å². The van der Waals surface area contributed by atoms with E-state index in [0.29, 0.717) is 37.3 Å². The normalized spacial score (nSPS) is 12.4. The number of ether oxygens (including phenoxy) is 2. The molecular weight excluding hydrogens is 332 g/mol. The zero-order valence-corrected chi connectivity index (χ0v) is 15.0. The van der Waals surface area contributed by atoms with E-state index >= 15 is 0 Å². The summed E-state index contributed by atoms with van der Waals surface area (Å²) in [6.07, 6.45) is 0.970. The molecule has 0 aromatic heterocycles. The van der Waals surface area contributed by atoms with Gasteiger partial charge in [0, 0.05) is 31.8 Å². The van der Waals surface area contributed by atoms with E-state index < -0.39 is 0 Å². The van der Waals surface area contributed by atoms with Crippen molar-refractivity contribution in [2.75, 3.05) is 32.6 Å². The highest BCUT2D eigenvalue weighted by molar-refractivity contribution is 5.95. The van der Waals surface area contributed by atoms with E-state index in [-0.39, 0.29) is 11.8 Å². The van der Waals surface area contributed by atoms with Crippen molar-refractivity contribution < 1.29 is 19.1 Å². The van der Waals surface area contributed by atoms with Gasteiger partial charge in [0.15, 0.2) is 11.5 Å². The molecule has 1 aliphatic rings. The van der Waals surface area contributed by atoms with E-state index in [9.17, 15) is 9.59 Å². The fourth-order valence-corrected chi connectivity index (χ4v) is 2.68. The Labute approximate surface area is 152 Å². The largest absolute Gasteiger partial charge is 0.486 e. The lowest BCUT2D eigenvalue weighted by Crippen LogP contribution is -2.21. The molecule has 0 radical (unpaired) electrons. The van der Waals surface area contributed by atoms with Crippen LogP contribution in [0.1, 0.15) is 22.3 Å². The highest BCUT2D eigenvalue weighted by atomic mass is 16.6. The summed E-state index contributed by atoms with van der Waals surface area (Å²) in [5.41, 5.74) is 2.29. The first-order chi connectivity index (χ1) is 12.5. The summed E-state index contributed by atoms with van der Waals surface area (Å²) in [5.74, 6) is 1.33. The maximum atomic E-state index is 12.2. The second-order valence-corrected chi connectivity index (χ2v) is 6.30. The Morgan fingerprint density at radius 2 is 1.69 bits per heavy atom. The van der Waals surface area contributed by atoms with Gasteiger partial charge in [-0.3, -0.25) is 9.59 Å².